The maximum absolute atomic E-state index is 12.5. The van der Waals surface area contributed by atoms with Gasteiger partial charge in [-0.2, -0.15) is 0 Å². The summed E-state index contributed by atoms with van der Waals surface area (Å²) in [4.78, 5) is 60.2. The highest BCUT2D eigenvalue weighted by Crippen LogP contribution is 2.30. The number of hydrogen-bond donors (Lipinski definition) is 1. The highest BCUT2D eigenvalue weighted by Gasteiger charge is 2.42. The number of amides is 3. The Balaban J connectivity index is 1.64. The summed E-state index contributed by atoms with van der Waals surface area (Å²) in [6.45, 7) is 2.46. The Morgan fingerprint density at radius 1 is 1.13 bits per heavy atom. The molecule has 3 rings (SSSR count). The fourth-order valence-corrected chi connectivity index (χ4v) is 2.91. The standard InChI is InChI=1S/C20H17N3O7/c1-11-6-8-13(9-7-11)21-18(25)12(2)30-16(24)10-22-19(26)14-4-3-5-15(23(28)29)17(14)20(22)27/h3-9,12H,10H2,1-2H3,(H,21,25)/t12-/m1/s1. The molecular formula is C20H17N3O7. The van der Waals surface area contributed by atoms with Gasteiger partial charge in [-0.3, -0.25) is 34.2 Å². The van der Waals surface area contributed by atoms with Crippen LogP contribution in [-0.2, 0) is 14.3 Å². The summed E-state index contributed by atoms with van der Waals surface area (Å²) in [6.07, 6.45) is -1.19. The van der Waals surface area contributed by atoms with Crippen LogP contribution < -0.4 is 5.32 Å². The van der Waals surface area contributed by atoms with Crippen molar-refractivity contribution in [2.45, 2.75) is 20.0 Å². The molecule has 10 nitrogen and oxygen atoms in total. The Morgan fingerprint density at radius 3 is 2.43 bits per heavy atom. The van der Waals surface area contributed by atoms with Crippen molar-refractivity contribution < 1.29 is 28.8 Å². The number of esters is 1. The third-order valence-electron chi connectivity index (χ3n) is 4.46. The van der Waals surface area contributed by atoms with Crippen molar-refractivity contribution in [2.24, 2.45) is 0 Å². The number of imide groups is 1. The van der Waals surface area contributed by atoms with Crippen molar-refractivity contribution in [3.63, 3.8) is 0 Å². The fraction of sp³-hybridized carbons (Fsp3) is 0.200. The Morgan fingerprint density at radius 2 is 1.80 bits per heavy atom. The monoisotopic (exact) mass is 411 g/mol. The van der Waals surface area contributed by atoms with Crippen LogP contribution >= 0.6 is 0 Å². The molecule has 3 amide bonds. The number of nitro groups is 1. The van der Waals surface area contributed by atoms with E-state index in [4.69, 9.17) is 4.74 Å². The van der Waals surface area contributed by atoms with Gasteiger partial charge < -0.3 is 10.1 Å². The maximum atomic E-state index is 12.5. The molecule has 30 heavy (non-hydrogen) atoms. The second kappa shape index (κ2) is 8.11. The Kier molecular flexibility index (Phi) is 5.58. The van der Waals surface area contributed by atoms with Crippen molar-refractivity contribution in [3.8, 4) is 0 Å². The van der Waals surface area contributed by atoms with Crippen LogP contribution in [0.2, 0.25) is 0 Å². The Labute approximate surface area is 170 Å². The zero-order chi connectivity index (χ0) is 22.0. The van der Waals surface area contributed by atoms with Gasteiger partial charge in [0.25, 0.3) is 23.4 Å². The molecule has 154 valence electrons. The number of benzene rings is 2. The Bertz CT molecular complexity index is 1060. The highest BCUT2D eigenvalue weighted by molar-refractivity contribution is 6.24. The minimum atomic E-state index is -1.19. The van der Waals surface area contributed by atoms with Crippen LogP contribution in [0.25, 0.3) is 0 Å². The van der Waals surface area contributed by atoms with Gasteiger partial charge in [-0.15, -0.1) is 0 Å². The molecule has 0 radical (unpaired) electrons. The number of carbonyl (C=O) groups is 4. The number of nitrogens with zero attached hydrogens (tertiary/aromatic N) is 2. The average Bonchev–Trinajstić information content (AvgIpc) is 2.94. The van der Waals surface area contributed by atoms with E-state index >= 15 is 0 Å². The molecule has 10 heteroatoms. The van der Waals surface area contributed by atoms with E-state index in [0.717, 1.165) is 11.6 Å². The predicted molar refractivity (Wildman–Crippen MR) is 104 cm³/mol. The van der Waals surface area contributed by atoms with Gasteiger partial charge in [0.15, 0.2) is 6.10 Å². The lowest BCUT2D eigenvalue weighted by atomic mass is 10.1. The lowest BCUT2D eigenvalue weighted by Crippen LogP contribution is -2.38. The molecule has 1 aliphatic rings. The minimum Gasteiger partial charge on any atom is -0.451 e. The van der Waals surface area contributed by atoms with Gasteiger partial charge in [0.1, 0.15) is 12.1 Å². The number of nitrogens with one attached hydrogen (secondary N) is 1. The first kappa shape index (κ1) is 20.6. The van der Waals surface area contributed by atoms with Gasteiger partial charge >= 0.3 is 5.97 Å². The number of anilines is 1. The molecule has 1 N–H and O–H groups in total. The second-order valence-electron chi connectivity index (χ2n) is 6.64. The predicted octanol–water partition coefficient (Wildman–Crippen LogP) is 2.07. The SMILES string of the molecule is Cc1ccc(NC(=O)[C@@H](C)OC(=O)CN2C(=O)c3cccc([N+](=O)[O-])c3C2=O)cc1. The molecule has 0 spiro atoms. The smallest absolute Gasteiger partial charge is 0.326 e. The van der Waals surface area contributed by atoms with E-state index in [1.807, 2.05) is 6.92 Å². The van der Waals surface area contributed by atoms with Crippen LogP contribution in [0.5, 0.6) is 0 Å². The van der Waals surface area contributed by atoms with Gasteiger partial charge in [-0.1, -0.05) is 23.8 Å². The van der Waals surface area contributed by atoms with E-state index in [1.54, 1.807) is 24.3 Å². The summed E-state index contributed by atoms with van der Waals surface area (Å²) in [5, 5.41) is 13.7. The van der Waals surface area contributed by atoms with Crippen molar-refractivity contribution in [3.05, 3.63) is 69.3 Å². The van der Waals surface area contributed by atoms with Crippen LogP contribution in [0.3, 0.4) is 0 Å². The summed E-state index contributed by atoms with van der Waals surface area (Å²) < 4.78 is 5.01. The van der Waals surface area contributed by atoms with Gasteiger partial charge in [0, 0.05) is 11.8 Å². The molecule has 0 aliphatic carbocycles. The summed E-state index contributed by atoms with van der Waals surface area (Å²) in [5.41, 5.74) is 0.472. The van der Waals surface area contributed by atoms with E-state index in [-0.39, 0.29) is 11.1 Å². The molecule has 0 fully saturated rings. The first-order valence-corrected chi connectivity index (χ1v) is 8.89. The molecule has 0 saturated carbocycles. The molecule has 1 atom stereocenters. The first-order valence-electron chi connectivity index (χ1n) is 8.89. The molecular weight excluding hydrogens is 394 g/mol. The molecule has 0 saturated heterocycles. The van der Waals surface area contributed by atoms with Crippen LogP contribution in [-0.4, -0.2) is 46.2 Å². The maximum Gasteiger partial charge on any atom is 0.326 e. The third-order valence-corrected chi connectivity index (χ3v) is 4.46. The van der Waals surface area contributed by atoms with E-state index in [0.29, 0.717) is 10.6 Å². The number of ether oxygens (including phenoxy) is 1. The number of nitro benzene ring substituents is 1. The number of fused-ring (bicyclic) bond motifs is 1. The minimum absolute atomic E-state index is 0.160. The summed E-state index contributed by atoms with van der Waals surface area (Å²) in [6, 6.07) is 10.6. The lowest BCUT2D eigenvalue weighted by Gasteiger charge is -2.16. The molecule has 2 aromatic rings. The molecule has 1 aliphatic heterocycles. The van der Waals surface area contributed by atoms with Gasteiger partial charge in [0.2, 0.25) is 0 Å². The molecule has 1 heterocycles. The number of carbonyl (C=O) groups excluding carboxylic acids is 4. The van der Waals surface area contributed by atoms with Gasteiger partial charge in [-0.05, 0) is 32.0 Å². The highest BCUT2D eigenvalue weighted by atomic mass is 16.6. The van der Waals surface area contributed by atoms with E-state index in [1.165, 1.54) is 19.1 Å². The molecule has 0 bridgehead atoms. The number of aryl methyl sites for hydroxylation is 1. The van der Waals surface area contributed by atoms with Gasteiger partial charge in [0.05, 0.1) is 10.5 Å². The second-order valence-corrected chi connectivity index (χ2v) is 6.64. The van der Waals surface area contributed by atoms with Crippen molar-refractivity contribution in [2.75, 3.05) is 11.9 Å². The Hall–Kier alpha value is -4.08. The van der Waals surface area contributed by atoms with Crippen LogP contribution in [0, 0.1) is 17.0 Å². The topological polar surface area (TPSA) is 136 Å². The van der Waals surface area contributed by atoms with Crippen LogP contribution in [0.15, 0.2) is 42.5 Å². The first-order chi connectivity index (χ1) is 14.2. The van der Waals surface area contributed by atoms with Crippen LogP contribution in [0.4, 0.5) is 11.4 Å². The quantitative estimate of drug-likeness (QED) is 0.333. The van der Waals surface area contributed by atoms with Crippen molar-refractivity contribution in [1.29, 1.82) is 0 Å². The van der Waals surface area contributed by atoms with E-state index < -0.39 is 47.0 Å². The molecule has 0 aromatic heterocycles. The normalized spacial score (nSPS) is 13.6. The zero-order valence-electron chi connectivity index (χ0n) is 16.1. The van der Waals surface area contributed by atoms with Crippen LogP contribution in [0.1, 0.15) is 33.2 Å². The zero-order valence-corrected chi connectivity index (χ0v) is 16.1. The summed E-state index contributed by atoms with van der Waals surface area (Å²) in [5.74, 6) is -3.40. The van der Waals surface area contributed by atoms with Crippen molar-refractivity contribution in [1.82, 2.24) is 4.90 Å². The molecule has 0 unspecified atom stereocenters. The van der Waals surface area contributed by atoms with Gasteiger partial charge in [-0.25, -0.2) is 0 Å². The van der Waals surface area contributed by atoms with E-state index in [9.17, 15) is 29.3 Å². The number of rotatable bonds is 6. The summed E-state index contributed by atoms with van der Waals surface area (Å²) >= 11 is 0. The third kappa shape index (κ3) is 4.02. The average molecular weight is 411 g/mol. The largest absolute Gasteiger partial charge is 0.451 e. The van der Waals surface area contributed by atoms with E-state index in [2.05, 4.69) is 5.32 Å². The van der Waals surface area contributed by atoms with Crippen molar-refractivity contribution >= 4 is 35.1 Å². The fourth-order valence-electron chi connectivity index (χ4n) is 2.91. The summed E-state index contributed by atoms with van der Waals surface area (Å²) in [7, 11) is 0. The number of hydrogen-bond acceptors (Lipinski definition) is 7. The lowest BCUT2D eigenvalue weighted by molar-refractivity contribution is -0.385. The molecule has 2 aromatic carbocycles.